The van der Waals surface area contributed by atoms with Crippen LogP contribution in [-0.2, 0) is 6.42 Å². The molecule has 0 saturated heterocycles. The van der Waals surface area contributed by atoms with Crippen molar-refractivity contribution in [2.45, 2.75) is 31.2 Å². The Morgan fingerprint density at radius 2 is 2.25 bits per heavy atom. The van der Waals surface area contributed by atoms with Crippen LogP contribution in [0.3, 0.4) is 0 Å². The van der Waals surface area contributed by atoms with E-state index in [1.807, 2.05) is 6.07 Å². The van der Waals surface area contributed by atoms with Crippen LogP contribution >= 0.6 is 22.9 Å². The largest absolute Gasteiger partial charge is 0.325 e. The van der Waals surface area contributed by atoms with Crippen LogP contribution in [0.1, 0.15) is 24.1 Å². The molecule has 0 bridgehead atoms. The van der Waals surface area contributed by atoms with Crippen LogP contribution < -0.4 is 5.73 Å². The normalized spacial score (nSPS) is 20.5. The molecule has 1 saturated carbocycles. The first kappa shape index (κ1) is 8.54. The maximum Gasteiger partial charge on any atom is 0.0931 e. The Hall–Kier alpha value is -0.0500. The zero-order valence-corrected chi connectivity index (χ0v) is 8.42. The number of rotatable bonds is 2. The van der Waals surface area contributed by atoms with Crippen molar-refractivity contribution in [2.24, 2.45) is 5.73 Å². The Bertz CT molecular complexity index is 278. The average Bonchev–Trinajstić information content (AvgIpc) is 2.32. The molecule has 1 aromatic rings. The van der Waals surface area contributed by atoms with Crippen LogP contribution in [0.4, 0.5) is 0 Å². The molecule has 0 radical (unpaired) electrons. The summed E-state index contributed by atoms with van der Waals surface area (Å²) in [6.45, 7) is 0. The van der Waals surface area contributed by atoms with Gasteiger partial charge in [-0.05, 0) is 37.8 Å². The van der Waals surface area contributed by atoms with E-state index >= 15 is 0 Å². The number of thiophene rings is 1. The topological polar surface area (TPSA) is 26.0 Å². The van der Waals surface area contributed by atoms with Gasteiger partial charge in [-0.15, -0.1) is 11.3 Å². The molecule has 0 aromatic carbocycles. The van der Waals surface area contributed by atoms with E-state index < -0.39 is 0 Å². The van der Waals surface area contributed by atoms with Crippen LogP contribution in [0.15, 0.2) is 12.1 Å². The van der Waals surface area contributed by atoms with Crippen molar-refractivity contribution >= 4 is 22.9 Å². The molecule has 0 spiro atoms. The van der Waals surface area contributed by atoms with E-state index in [2.05, 4.69) is 6.07 Å². The van der Waals surface area contributed by atoms with E-state index in [1.165, 1.54) is 24.1 Å². The van der Waals surface area contributed by atoms with Crippen molar-refractivity contribution in [2.75, 3.05) is 0 Å². The highest BCUT2D eigenvalue weighted by molar-refractivity contribution is 7.16. The van der Waals surface area contributed by atoms with Crippen LogP contribution in [0.5, 0.6) is 0 Å². The maximum absolute atomic E-state index is 6.11. The highest BCUT2D eigenvalue weighted by Gasteiger charge is 2.32. The third-order valence-electron chi connectivity index (χ3n) is 2.50. The lowest BCUT2D eigenvalue weighted by molar-refractivity contribution is 0.249. The average molecular weight is 202 g/mol. The molecule has 1 aromatic heterocycles. The minimum Gasteiger partial charge on any atom is -0.325 e. The van der Waals surface area contributed by atoms with Crippen molar-refractivity contribution in [3.63, 3.8) is 0 Å². The maximum atomic E-state index is 6.11. The van der Waals surface area contributed by atoms with Crippen molar-refractivity contribution in [3.8, 4) is 0 Å². The van der Waals surface area contributed by atoms with Gasteiger partial charge in [0.2, 0.25) is 0 Å². The van der Waals surface area contributed by atoms with Gasteiger partial charge in [0, 0.05) is 10.4 Å². The molecule has 2 rings (SSSR count). The van der Waals surface area contributed by atoms with Gasteiger partial charge in [0.25, 0.3) is 0 Å². The first-order valence-electron chi connectivity index (χ1n) is 4.21. The van der Waals surface area contributed by atoms with Gasteiger partial charge in [-0.3, -0.25) is 0 Å². The summed E-state index contributed by atoms with van der Waals surface area (Å²) in [4.78, 5) is 1.32. The monoisotopic (exact) mass is 201 g/mol. The fourth-order valence-corrected chi connectivity index (χ4v) is 2.84. The summed E-state index contributed by atoms with van der Waals surface area (Å²) in [6.07, 6.45) is 4.63. The van der Waals surface area contributed by atoms with Crippen LogP contribution in [0, 0.1) is 0 Å². The molecule has 0 unspecified atom stereocenters. The van der Waals surface area contributed by atoms with Crippen LogP contribution in [-0.4, -0.2) is 5.54 Å². The summed E-state index contributed by atoms with van der Waals surface area (Å²) in [5.74, 6) is 0. The fourth-order valence-electron chi connectivity index (χ4n) is 1.60. The van der Waals surface area contributed by atoms with Gasteiger partial charge in [-0.25, -0.2) is 0 Å². The lowest BCUT2D eigenvalue weighted by Gasteiger charge is -2.37. The molecule has 1 heterocycles. The Labute approximate surface area is 81.5 Å². The minimum absolute atomic E-state index is 0.0915. The van der Waals surface area contributed by atoms with Crippen molar-refractivity contribution in [1.29, 1.82) is 0 Å². The number of hydrogen-bond acceptors (Lipinski definition) is 2. The lowest BCUT2D eigenvalue weighted by atomic mass is 9.75. The Morgan fingerprint density at radius 3 is 2.67 bits per heavy atom. The van der Waals surface area contributed by atoms with Crippen molar-refractivity contribution in [1.82, 2.24) is 0 Å². The highest BCUT2D eigenvalue weighted by Crippen LogP contribution is 2.34. The quantitative estimate of drug-likeness (QED) is 0.783. The number of hydrogen-bond donors (Lipinski definition) is 1. The van der Waals surface area contributed by atoms with Gasteiger partial charge in [0.1, 0.15) is 0 Å². The van der Waals surface area contributed by atoms with E-state index in [9.17, 15) is 0 Å². The van der Waals surface area contributed by atoms with E-state index in [-0.39, 0.29) is 5.54 Å². The first-order chi connectivity index (χ1) is 5.68. The van der Waals surface area contributed by atoms with E-state index in [0.29, 0.717) is 0 Å². The number of nitrogens with two attached hydrogens (primary N) is 1. The van der Waals surface area contributed by atoms with Gasteiger partial charge in [0.15, 0.2) is 0 Å². The predicted octanol–water partition coefficient (Wildman–Crippen LogP) is 2.83. The van der Waals surface area contributed by atoms with E-state index in [0.717, 1.165) is 10.8 Å². The van der Waals surface area contributed by atoms with Crippen LogP contribution in [0.2, 0.25) is 4.34 Å². The predicted molar refractivity (Wildman–Crippen MR) is 53.8 cm³/mol. The molecule has 1 aliphatic carbocycles. The Morgan fingerprint density at radius 1 is 1.50 bits per heavy atom. The van der Waals surface area contributed by atoms with Crippen LogP contribution in [0.25, 0.3) is 0 Å². The Kier molecular flexibility index (Phi) is 2.15. The molecule has 0 amide bonds. The van der Waals surface area contributed by atoms with Gasteiger partial charge >= 0.3 is 0 Å². The summed E-state index contributed by atoms with van der Waals surface area (Å²) < 4.78 is 0.868. The van der Waals surface area contributed by atoms with Gasteiger partial charge in [-0.2, -0.15) is 0 Å². The molecule has 3 heteroatoms. The molecule has 1 aliphatic rings. The second kappa shape index (κ2) is 3.02. The molecule has 66 valence electrons. The van der Waals surface area contributed by atoms with Gasteiger partial charge in [-0.1, -0.05) is 11.6 Å². The van der Waals surface area contributed by atoms with Crippen molar-refractivity contribution in [3.05, 3.63) is 21.3 Å². The molecule has 0 atom stereocenters. The standard InChI is InChI=1S/C9H12ClNS/c10-8-3-2-7(12-8)6-9(11)4-1-5-9/h2-3H,1,4-6,11H2. The molecular formula is C9H12ClNS. The summed E-state index contributed by atoms with van der Waals surface area (Å²) in [5.41, 5.74) is 6.20. The number of halogens is 1. The minimum atomic E-state index is 0.0915. The second-order valence-electron chi connectivity index (χ2n) is 3.60. The summed E-state index contributed by atoms with van der Waals surface area (Å²) in [6, 6.07) is 4.03. The smallest absolute Gasteiger partial charge is 0.0931 e. The van der Waals surface area contributed by atoms with Gasteiger partial charge in [0.05, 0.1) is 4.34 Å². The summed E-state index contributed by atoms with van der Waals surface area (Å²) in [5, 5.41) is 0. The third kappa shape index (κ3) is 1.65. The Balaban J connectivity index is 2.03. The molecule has 0 aliphatic heterocycles. The fraction of sp³-hybridized carbons (Fsp3) is 0.556. The zero-order chi connectivity index (χ0) is 8.60. The van der Waals surface area contributed by atoms with Crippen molar-refractivity contribution < 1.29 is 0 Å². The SMILES string of the molecule is NC1(Cc2ccc(Cl)s2)CCC1. The molecular weight excluding hydrogens is 190 g/mol. The first-order valence-corrected chi connectivity index (χ1v) is 5.41. The summed E-state index contributed by atoms with van der Waals surface area (Å²) >= 11 is 7.48. The third-order valence-corrected chi connectivity index (χ3v) is 3.74. The highest BCUT2D eigenvalue weighted by atomic mass is 35.5. The summed E-state index contributed by atoms with van der Waals surface area (Å²) in [7, 11) is 0. The molecule has 2 N–H and O–H groups in total. The molecule has 1 fully saturated rings. The van der Waals surface area contributed by atoms with E-state index in [4.69, 9.17) is 17.3 Å². The van der Waals surface area contributed by atoms with Gasteiger partial charge < -0.3 is 5.73 Å². The molecule has 1 nitrogen and oxygen atoms in total. The zero-order valence-electron chi connectivity index (χ0n) is 6.85. The second-order valence-corrected chi connectivity index (χ2v) is 5.40. The molecule has 12 heavy (non-hydrogen) atoms. The van der Waals surface area contributed by atoms with E-state index in [1.54, 1.807) is 11.3 Å². The lowest BCUT2D eigenvalue weighted by Crippen LogP contribution is -2.48.